The Labute approximate surface area is 152 Å². The molecule has 1 fully saturated rings. The van der Waals surface area contributed by atoms with E-state index in [4.69, 9.17) is 4.74 Å². The second-order valence-corrected chi connectivity index (χ2v) is 6.52. The fourth-order valence-corrected chi connectivity index (χ4v) is 3.39. The van der Waals surface area contributed by atoms with Gasteiger partial charge < -0.3 is 20.3 Å². The molecule has 0 aromatic heterocycles. The third-order valence-corrected chi connectivity index (χ3v) is 4.82. The first-order chi connectivity index (χ1) is 12.7. The minimum atomic E-state index is -0.559. The summed E-state index contributed by atoms with van der Waals surface area (Å²) in [6.07, 6.45) is 0.500. The Morgan fingerprint density at radius 2 is 1.81 bits per heavy atom. The van der Waals surface area contributed by atoms with Crippen LogP contribution in [0.5, 0.6) is 0 Å². The molecule has 1 saturated heterocycles. The minimum Gasteiger partial charge on any atom is -0.378 e. The molecule has 2 aromatic carbocycles. The van der Waals surface area contributed by atoms with Crippen LogP contribution in [-0.2, 0) is 16.0 Å². The Balaban J connectivity index is 1.41. The summed E-state index contributed by atoms with van der Waals surface area (Å²) in [4.78, 5) is 27.0. The summed E-state index contributed by atoms with van der Waals surface area (Å²) in [6.45, 7) is 3.22. The molecule has 2 aliphatic rings. The number of benzene rings is 2. The van der Waals surface area contributed by atoms with Gasteiger partial charge in [0.15, 0.2) is 0 Å². The second-order valence-electron chi connectivity index (χ2n) is 6.52. The summed E-state index contributed by atoms with van der Waals surface area (Å²) in [5.41, 5.74) is 3.39. The number of nitrogens with zero attached hydrogens (tertiary/aromatic N) is 1. The van der Waals surface area contributed by atoms with Crippen molar-refractivity contribution in [2.24, 2.45) is 0 Å². The number of amides is 2. The zero-order valence-electron chi connectivity index (χ0n) is 14.4. The van der Waals surface area contributed by atoms with Crippen LogP contribution in [0.25, 0.3) is 0 Å². The molecular formula is C20H21N3O3. The van der Waals surface area contributed by atoms with Gasteiger partial charge in [-0.1, -0.05) is 18.2 Å². The topological polar surface area (TPSA) is 70.7 Å². The maximum Gasteiger partial charge on any atom is 0.252 e. The number of morpholine rings is 1. The fraction of sp³-hybridized carbons (Fsp3) is 0.300. The van der Waals surface area contributed by atoms with Crippen molar-refractivity contribution >= 4 is 23.2 Å². The number of hydrogen-bond donors (Lipinski definition) is 2. The Morgan fingerprint density at radius 1 is 1.08 bits per heavy atom. The van der Waals surface area contributed by atoms with Gasteiger partial charge in [-0.15, -0.1) is 0 Å². The highest BCUT2D eigenvalue weighted by molar-refractivity contribution is 6.03. The van der Waals surface area contributed by atoms with E-state index in [9.17, 15) is 9.59 Å². The van der Waals surface area contributed by atoms with E-state index in [1.807, 2.05) is 42.5 Å². The van der Waals surface area contributed by atoms with Crippen molar-refractivity contribution in [3.05, 3.63) is 59.7 Å². The van der Waals surface area contributed by atoms with E-state index in [0.29, 0.717) is 12.0 Å². The largest absolute Gasteiger partial charge is 0.378 e. The number of hydrogen-bond acceptors (Lipinski definition) is 4. The van der Waals surface area contributed by atoms with E-state index < -0.39 is 6.04 Å². The van der Waals surface area contributed by atoms with E-state index in [-0.39, 0.29) is 11.8 Å². The van der Waals surface area contributed by atoms with Gasteiger partial charge in [-0.2, -0.15) is 0 Å². The van der Waals surface area contributed by atoms with Gasteiger partial charge in [-0.3, -0.25) is 9.59 Å². The molecule has 6 nitrogen and oxygen atoms in total. The van der Waals surface area contributed by atoms with Crippen LogP contribution in [0.2, 0.25) is 0 Å². The average Bonchev–Trinajstić information content (AvgIpc) is 2.69. The predicted molar refractivity (Wildman–Crippen MR) is 99.5 cm³/mol. The molecule has 26 heavy (non-hydrogen) atoms. The van der Waals surface area contributed by atoms with Crippen LogP contribution >= 0.6 is 0 Å². The van der Waals surface area contributed by atoms with Crippen LogP contribution in [0.4, 0.5) is 11.4 Å². The Hall–Kier alpha value is -2.86. The molecule has 1 unspecified atom stereocenters. The van der Waals surface area contributed by atoms with E-state index in [0.717, 1.165) is 43.2 Å². The molecule has 134 valence electrons. The highest BCUT2D eigenvalue weighted by atomic mass is 16.5. The summed E-state index contributed by atoms with van der Waals surface area (Å²) in [7, 11) is 0. The summed E-state index contributed by atoms with van der Waals surface area (Å²) >= 11 is 0. The summed E-state index contributed by atoms with van der Waals surface area (Å²) in [5, 5.41) is 5.68. The molecule has 0 saturated carbocycles. The lowest BCUT2D eigenvalue weighted by molar-refractivity contribution is -0.118. The Kier molecular flexibility index (Phi) is 4.58. The van der Waals surface area contributed by atoms with E-state index in [1.165, 1.54) is 0 Å². The zero-order valence-corrected chi connectivity index (χ0v) is 14.4. The lowest BCUT2D eigenvalue weighted by Gasteiger charge is -2.29. The van der Waals surface area contributed by atoms with Crippen molar-refractivity contribution in [2.45, 2.75) is 12.5 Å². The smallest absolute Gasteiger partial charge is 0.252 e. The first kappa shape index (κ1) is 16.6. The van der Waals surface area contributed by atoms with Gasteiger partial charge >= 0.3 is 0 Å². The lowest BCUT2D eigenvalue weighted by atomic mass is 9.95. The van der Waals surface area contributed by atoms with Gasteiger partial charge in [0.05, 0.1) is 13.2 Å². The highest BCUT2D eigenvalue weighted by Crippen LogP contribution is 2.21. The standard InChI is InChI=1S/C20H21N3O3/c24-19-17-4-2-1-3-14(17)13-18(22-19)20(25)21-15-5-7-16(8-6-15)23-9-11-26-12-10-23/h1-8,18H,9-13H2,(H,21,25)(H,22,24). The molecule has 1 atom stereocenters. The van der Waals surface area contributed by atoms with E-state index >= 15 is 0 Å². The van der Waals surface area contributed by atoms with Crippen molar-refractivity contribution in [3.63, 3.8) is 0 Å². The van der Waals surface area contributed by atoms with Crippen LogP contribution in [0, 0.1) is 0 Å². The van der Waals surface area contributed by atoms with Crippen molar-refractivity contribution in [1.82, 2.24) is 5.32 Å². The molecule has 0 bridgehead atoms. The summed E-state index contributed by atoms with van der Waals surface area (Å²) in [5.74, 6) is -0.401. The predicted octanol–water partition coefficient (Wildman–Crippen LogP) is 1.82. The number of carbonyl (C=O) groups excluding carboxylic acids is 2. The number of carbonyl (C=O) groups is 2. The molecular weight excluding hydrogens is 330 g/mol. The minimum absolute atomic E-state index is 0.199. The van der Waals surface area contributed by atoms with Crippen LogP contribution in [0.3, 0.4) is 0 Å². The molecule has 2 heterocycles. The maximum atomic E-state index is 12.6. The van der Waals surface area contributed by atoms with Gasteiger partial charge in [0.1, 0.15) is 6.04 Å². The molecule has 2 aromatic rings. The molecule has 2 amide bonds. The number of fused-ring (bicyclic) bond motifs is 1. The average molecular weight is 351 g/mol. The van der Waals surface area contributed by atoms with Crippen molar-refractivity contribution < 1.29 is 14.3 Å². The molecule has 4 rings (SSSR count). The normalized spacial score (nSPS) is 19.5. The van der Waals surface area contributed by atoms with Gasteiger partial charge in [0.2, 0.25) is 5.91 Å². The van der Waals surface area contributed by atoms with Crippen LogP contribution < -0.4 is 15.5 Å². The van der Waals surface area contributed by atoms with Gasteiger partial charge in [0, 0.05) is 36.4 Å². The van der Waals surface area contributed by atoms with Gasteiger partial charge in [0.25, 0.3) is 5.91 Å². The van der Waals surface area contributed by atoms with Crippen LogP contribution in [0.15, 0.2) is 48.5 Å². The number of anilines is 2. The fourth-order valence-electron chi connectivity index (χ4n) is 3.39. The number of nitrogens with one attached hydrogen (secondary N) is 2. The second kappa shape index (κ2) is 7.17. The maximum absolute atomic E-state index is 12.6. The summed E-state index contributed by atoms with van der Waals surface area (Å²) in [6, 6.07) is 14.6. The quantitative estimate of drug-likeness (QED) is 0.885. The SMILES string of the molecule is O=C1NC(C(=O)Nc2ccc(N3CCOCC3)cc2)Cc2ccccc21. The number of rotatable bonds is 3. The molecule has 0 radical (unpaired) electrons. The molecule has 6 heteroatoms. The van der Waals surface area contributed by atoms with Gasteiger partial charge in [-0.25, -0.2) is 0 Å². The first-order valence-electron chi connectivity index (χ1n) is 8.83. The molecule has 0 spiro atoms. The highest BCUT2D eigenvalue weighted by Gasteiger charge is 2.28. The molecule has 0 aliphatic carbocycles. The van der Waals surface area contributed by atoms with Crippen molar-refractivity contribution in [3.8, 4) is 0 Å². The zero-order chi connectivity index (χ0) is 17.9. The Morgan fingerprint density at radius 3 is 2.58 bits per heavy atom. The molecule has 2 N–H and O–H groups in total. The lowest BCUT2D eigenvalue weighted by Crippen LogP contribution is -2.48. The molecule has 2 aliphatic heterocycles. The Bertz CT molecular complexity index is 813. The van der Waals surface area contributed by atoms with E-state index in [2.05, 4.69) is 15.5 Å². The van der Waals surface area contributed by atoms with Crippen LogP contribution in [0.1, 0.15) is 15.9 Å². The summed E-state index contributed by atoms with van der Waals surface area (Å²) < 4.78 is 5.37. The monoisotopic (exact) mass is 351 g/mol. The van der Waals surface area contributed by atoms with Crippen molar-refractivity contribution in [1.29, 1.82) is 0 Å². The van der Waals surface area contributed by atoms with E-state index in [1.54, 1.807) is 6.07 Å². The van der Waals surface area contributed by atoms with Crippen molar-refractivity contribution in [2.75, 3.05) is 36.5 Å². The third-order valence-electron chi connectivity index (χ3n) is 4.82. The first-order valence-corrected chi connectivity index (χ1v) is 8.83. The number of ether oxygens (including phenoxy) is 1. The third kappa shape index (κ3) is 3.41. The van der Waals surface area contributed by atoms with Crippen LogP contribution in [-0.4, -0.2) is 44.2 Å². The van der Waals surface area contributed by atoms with Gasteiger partial charge in [-0.05, 0) is 35.9 Å².